The van der Waals surface area contributed by atoms with Crippen LogP contribution in [0.1, 0.15) is 44.9 Å². The number of benzene rings is 1. The van der Waals surface area contributed by atoms with Crippen molar-refractivity contribution >= 4 is 23.5 Å². The van der Waals surface area contributed by atoms with Crippen molar-refractivity contribution in [3.8, 4) is 11.5 Å². The van der Waals surface area contributed by atoms with Crippen LogP contribution in [0.3, 0.4) is 0 Å². The standard InChI is InChI=1S/C18H20N2O3S/c1-23-15-8-7-12(9-14(15)21)11-19-20-18(22)17-10-13-5-3-2-4-6-16(13)24-17/h7-11,21H,2-6H2,1H3,(H,20,22)/b19-11-. The van der Waals surface area contributed by atoms with E-state index in [-0.39, 0.29) is 11.7 Å². The number of ether oxygens (including phenoxy) is 1. The van der Waals surface area contributed by atoms with Gasteiger partial charge in [0.05, 0.1) is 18.2 Å². The number of nitrogens with one attached hydrogen (secondary N) is 1. The summed E-state index contributed by atoms with van der Waals surface area (Å²) in [5, 5.41) is 13.7. The minimum atomic E-state index is -0.193. The summed E-state index contributed by atoms with van der Waals surface area (Å²) in [5.41, 5.74) is 4.54. The second-order valence-electron chi connectivity index (χ2n) is 5.75. The zero-order valence-corrected chi connectivity index (χ0v) is 14.4. The molecule has 1 aliphatic carbocycles. The van der Waals surface area contributed by atoms with Crippen LogP contribution in [0.2, 0.25) is 0 Å². The number of rotatable bonds is 4. The number of fused-ring (bicyclic) bond motifs is 1. The summed E-state index contributed by atoms with van der Waals surface area (Å²) in [6, 6.07) is 6.92. The van der Waals surface area contributed by atoms with Crippen LogP contribution in [0.15, 0.2) is 29.4 Å². The molecule has 3 rings (SSSR count). The fraction of sp³-hybridized carbons (Fsp3) is 0.333. The molecular formula is C18H20N2O3S. The van der Waals surface area contributed by atoms with Crippen molar-refractivity contribution in [1.82, 2.24) is 5.43 Å². The van der Waals surface area contributed by atoms with E-state index in [0.717, 1.165) is 12.8 Å². The fourth-order valence-electron chi connectivity index (χ4n) is 2.79. The first-order chi connectivity index (χ1) is 11.7. The van der Waals surface area contributed by atoms with Gasteiger partial charge in [0.2, 0.25) is 0 Å². The molecule has 2 aromatic rings. The predicted octanol–water partition coefficient (Wildman–Crippen LogP) is 3.50. The number of nitrogens with zero attached hydrogens (tertiary/aromatic N) is 1. The molecule has 0 radical (unpaired) electrons. The number of thiophene rings is 1. The van der Waals surface area contributed by atoms with Gasteiger partial charge in [-0.25, -0.2) is 5.43 Å². The second-order valence-corrected chi connectivity index (χ2v) is 6.89. The Kier molecular flexibility index (Phi) is 5.15. The quantitative estimate of drug-likeness (QED) is 0.507. The van der Waals surface area contributed by atoms with Gasteiger partial charge in [-0.3, -0.25) is 4.79 Å². The Balaban J connectivity index is 1.64. The molecule has 24 heavy (non-hydrogen) atoms. The molecule has 1 aromatic carbocycles. The van der Waals surface area contributed by atoms with Crippen LogP contribution < -0.4 is 10.2 Å². The maximum atomic E-state index is 12.2. The van der Waals surface area contributed by atoms with Gasteiger partial charge in [0.1, 0.15) is 0 Å². The number of hydrogen-bond acceptors (Lipinski definition) is 5. The lowest BCUT2D eigenvalue weighted by molar-refractivity contribution is 0.0959. The summed E-state index contributed by atoms with van der Waals surface area (Å²) in [4.78, 5) is 14.3. The normalized spacial score (nSPS) is 14.2. The third-order valence-electron chi connectivity index (χ3n) is 4.05. The minimum absolute atomic E-state index is 0.0368. The van der Waals surface area contributed by atoms with Gasteiger partial charge < -0.3 is 9.84 Å². The fourth-order valence-corrected chi connectivity index (χ4v) is 3.93. The molecule has 0 aliphatic heterocycles. The van der Waals surface area contributed by atoms with E-state index in [0.29, 0.717) is 16.2 Å². The Morgan fingerprint density at radius 3 is 2.92 bits per heavy atom. The van der Waals surface area contributed by atoms with Crippen molar-refractivity contribution in [3.05, 3.63) is 45.1 Å². The smallest absolute Gasteiger partial charge is 0.281 e. The zero-order valence-electron chi connectivity index (χ0n) is 13.5. The zero-order chi connectivity index (χ0) is 16.9. The number of methoxy groups -OCH3 is 1. The first-order valence-electron chi connectivity index (χ1n) is 7.99. The summed E-state index contributed by atoms with van der Waals surface area (Å²) in [6.07, 6.45) is 7.30. The maximum absolute atomic E-state index is 12.2. The van der Waals surface area contributed by atoms with Gasteiger partial charge in [0, 0.05) is 4.88 Å². The van der Waals surface area contributed by atoms with E-state index in [1.54, 1.807) is 23.5 Å². The molecule has 5 nitrogen and oxygen atoms in total. The van der Waals surface area contributed by atoms with Crippen LogP contribution in [-0.2, 0) is 12.8 Å². The number of phenolic OH excluding ortho intramolecular Hbond substituents is 1. The summed E-state index contributed by atoms with van der Waals surface area (Å²) < 4.78 is 4.99. The first-order valence-corrected chi connectivity index (χ1v) is 8.81. The highest BCUT2D eigenvalue weighted by atomic mass is 32.1. The highest BCUT2D eigenvalue weighted by Gasteiger charge is 2.16. The van der Waals surface area contributed by atoms with Gasteiger partial charge in [-0.1, -0.05) is 6.42 Å². The lowest BCUT2D eigenvalue weighted by Crippen LogP contribution is -2.16. The molecule has 1 heterocycles. The van der Waals surface area contributed by atoms with E-state index >= 15 is 0 Å². The first kappa shape index (κ1) is 16.5. The lowest BCUT2D eigenvalue weighted by atomic mass is 10.1. The Morgan fingerprint density at radius 1 is 1.29 bits per heavy atom. The summed E-state index contributed by atoms with van der Waals surface area (Å²) in [7, 11) is 1.49. The number of hydrazone groups is 1. The molecule has 0 saturated carbocycles. The number of carbonyl (C=O) groups excluding carboxylic acids is 1. The number of aromatic hydroxyl groups is 1. The van der Waals surface area contributed by atoms with Crippen LogP contribution in [0.5, 0.6) is 11.5 Å². The monoisotopic (exact) mass is 344 g/mol. The summed E-state index contributed by atoms with van der Waals surface area (Å²) >= 11 is 1.57. The number of hydrogen-bond donors (Lipinski definition) is 2. The van der Waals surface area contributed by atoms with Gasteiger partial charge in [-0.15, -0.1) is 11.3 Å². The summed E-state index contributed by atoms with van der Waals surface area (Å²) in [6.45, 7) is 0. The van der Waals surface area contributed by atoms with Gasteiger partial charge in [0.15, 0.2) is 11.5 Å². The highest BCUT2D eigenvalue weighted by molar-refractivity contribution is 7.14. The van der Waals surface area contributed by atoms with E-state index < -0.39 is 0 Å². The Labute approximate surface area is 145 Å². The highest BCUT2D eigenvalue weighted by Crippen LogP contribution is 2.29. The lowest BCUT2D eigenvalue weighted by Gasteiger charge is -2.03. The number of carbonyl (C=O) groups is 1. The molecule has 0 unspecified atom stereocenters. The van der Waals surface area contributed by atoms with Gasteiger partial charge >= 0.3 is 0 Å². The molecule has 0 bridgehead atoms. The molecular weight excluding hydrogens is 324 g/mol. The van der Waals surface area contributed by atoms with Crippen molar-refractivity contribution in [2.45, 2.75) is 32.1 Å². The third kappa shape index (κ3) is 3.76. The Morgan fingerprint density at radius 2 is 2.12 bits per heavy atom. The average molecular weight is 344 g/mol. The van der Waals surface area contributed by atoms with Crippen molar-refractivity contribution in [2.24, 2.45) is 5.10 Å². The maximum Gasteiger partial charge on any atom is 0.281 e. The molecule has 1 aliphatic rings. The van der Waals surface area contributed by atoms with E-state index in [9.17, 15) is 9.90 Å². The Bertz CT molecular complexity index is 744. The van der Waals surface area contributed by atoms with Crippen LogP contribution in [-0.4, -0.2) is 24.3 Å². The van der Waals surface area contributed by atoms with Crippen molar-refractivity contribution in [1.29, 1.82) is 0 Å². The minimum Gasteiger partial charge on any atom is -0.504 e. The molecule has 1 aromatic heterocycles. The molecule has 1 amide bonds. The van der Waals surface area contributed by atoms with Gasteiger partial charge in [0.25, 0.3) is 5.91 Å². The molecule has 0 atom stereocenters. The average Bonchev–Trinajstić information content (AvgIpc) is 2.86. The van der Waals surface area contributed by atoms with Crippen LogP contribution >= 0.6 is 11.3 Å². The van der Waals surface area contributed by atoms with E-state index in [4.69, 9.17) is 4.74 Å². The topological polar surface area (TPSA) is 70.9 Å². The van der Waals surface area contributed by atoms with Gasteiger partial charge in [-0.05, 0) is 61.1 Å². The molecule has 0 fully saturated rings. The van der Waals surface area contributed by atoms with Crippen LogP contribution in [0, 0.1) is 0 Å². The number of phenols is 1. The van der Waals surface area contributed by atoms with E-state index in [1.165, 1.54) is 49.1 Å². The molecule has 2 N–H and O–H groups in total. The van der Waals surface area contributed by atoms with E-state index in [1.807, 2.05) is 6.07 Å². The van der Waals surface area contributed by atoms with E-state index in [2.05, 4.69) is 10.5 Å². The number of aryl methyl sites for hydroxylation is 2. The molecule has 126 valence electrons. The van der Waals surface area contributed by atoms with Crippen molar-refractivity contribution in [2.75, 3.05) is 7.11 Å². The SMILES string of the molecule is COc1ccc(/C=N\NC(=O)c2cc3c(s2)CCCCC3)cc1O. The third-order valence-corrected chi connectivity index (χ3v) is 5.29. The van der Waals surface area contributed by atoms with Crippen LogP contribution in [0.25, 0.3) is 0 Å². The second kappa shape index (κ2) is 7.49. The molecule has 0 spiro atoms. The van der Waals surface area contributed by atoms with Crippen molar-refractivity contribution in [3.63, 3.8) is 0 Å². The molecule has 0 saturated heterocycles. The number of amides is 1. The largest absolute Gasteiger partial charge is 0.504 e. The predicted molar refractivity (Wildman–Crippen MR) is 95.3 cm³/mol. The molecule has 6 heteroatoms. The Hall–Kier alpha value is -2.34. The van der Waals surface area contributed by atoms with Crippen molar-refractivity contribution < 1.29 is 14.6 Å². The summed E-state index contributed by atoms with van der Waals surface area (Å²) in [5.74, 6) is 0.244. The van der Waals surface area contributed by atoms with Gasteiger partial charge in [-0.2, -0.15) is 5.10 Å². The van der Waals surface area contributed by atoms with Crippen LogP contribution in [0.4, 0.5) is 0 Å².